The van der Waals surface area contributed by atoms with E-state index in [0.717, 1.165) is 11.0 Å². The lowest BCUT2D eigenvalue weighted by atomic mass is 10.2. The molecule has 0 radical (unpaired) electrons. The molecule has 4 aromatic rings. The maximum atomic E-state index is 12.5. The van der Waals surface area contributed by atoms with Crippen LogP contribution in [0.15, 0.2) is 68.6 Å². The number of nitrogens with one attached hydrogen (secondary N) is 2. The quantitative estimate of drug-likeness (QED) is 0.559. The highest BCUT2D eigenvalue weighted by molar-refractivity contribution is 5.80. The first kappa shape index (κ1) is 17.8. The van der Waals surface area contributed by atoms with Crippen LogP contribution >= 0.6 is 0 Å². The number of aromatic amines is 1. The first-order valence-corrected chi connectivity index (χ1v) is 9.02. The maximum Gasteiger partial charge on any atom is 0.273 e. The number of hydrogen-bond donors (Lipinski definition) is 2. The lowest BCUT2D eigenvalue weighted by molar-refractivity contribution is -0.122. The fraction of sp³-hybridized carbons (Fsp3) is 0.190. The fourth-order valence-electron chi connectivity index (χ4n) is 3.22. The van der Waals surface area contributed by atoms with Gasteiger partial charge in [0.05, 0.1) is 23.4 Å². The molecule has 7 nitrogen and oxygen atoms in total. The number of aryl methyl sites for hydroxylation is 1. The first-order chi connectivity index (χ1) is 13.5. The third-order valence-corrected chi connectivity index (χ3v) is 4.70. The zero-order valence-electron chi connectivity index (χ0n) is 15.3. The first-order valence-electron chi connectivity index (χ1n) is 9.02. The average molecular weight is 377 g/mol. The van der Waals surface area contributed by atoms with Gasteiger partial charge in [0, 0.05) is 11.8 Å². The number of H-pyrrole nitrogens is 1. The fourth-order valence-corrected chi connectivity index (χ4v) is 3.22. The number of carbonyl (C=O) groups excluding carboxylic acids is 1. The molecule has 7 heteroatoms. The van der Waals surface area contributed by atoms with Gasteiger partial charge in [-0.2, -0.15) is 0 Å². The van der Waals surface area contributed by atoms with Crippen molar-refractivity contribution in [3.05, 3.63) is 81.1 Å². The Morgan fingerprint density at radius 1 is 1.11 bits per heavy atom. The average Bonchev–Trinajstić information content (AvgIpc) is 3.14. The van der Waals surface area contributed by atoms with Crippen LogP contribution in [0.1, 0.15) is 25.1 Å². The van der Waals surface area contributed by atoms with E-state index < -0.39 is 0 Å². The van der Waals surface area contributed by atoms with Crippen LogP contribution in [0.4, 0.5) is 0 Å². The molecule has 0 aliphatic rings. The molecule has 2 N–H and O–H groups in total. The van der Waals surface area contributed by atoms with Crippen molar-refractivity contribution in [1.82, 2.24) is 15.1 Å². The minimum Gasteiger partial charge on any atom is -0.459 e. The van der Waals surface area contributed by atoms with Gasteiger partial charge in [-0.1, -0.05) is 30.3 Å². The van der Waals surface area contributed by atoms with E-state index in [4.69, 9.17) is 4.42 Å². The molecule has 2 aromatic heterocycles. The Morgan fingerprint density at radius 3 is 2.61 bits per heavy atom. The largest absolute Gasteiger partial charge is 0.459 e. The number of carbonyl (C=O) groups is 1. The maximum absolute atomic E-state index is 12.5. The number of aromatic nitrogens is 2. The second-order valence-electron chi connectivity index (χ2n) is 6.67. The van der Waals surface area contributed by atoms with Crippen LogP contribution in [-0.2, 0) is 11.3 Å². The van der Waals surface area contributed by atoms with E-state index in [1.54, 1.807) is 24.3 Å². The van der Waals surface area contributed by atoms with Crippen LogP contribution in [0.3, 0.4) is 0 Å². The lowest BCUT2D eigenvalue weighted by Gasteiger charge is -2.12. The summed E-state index contributed by atoms with van der Waals surface area (Å²) >= 11 is 0. The van der Waals surface area contributed by atoms with Crippen LogP contribution in [0.25, 0.3) is 21.7 Å². The Bertz CT molecular complexity index is 1250. The third kappa shape index (κ3) is 3.34. The Kier molecular flexibility index (Phi) is 4.57. The molecule has 2 heterocycles. The van der Waals surface area contributed by atoms with Crippen molar-refractivity contribution in [2.45, 2.75) is 25.9 Å². The number of benzene rings is 2. The number of fused-ring (bicyclic) bond motifs is 2. The zero-order valence-corrected chi connectivity index (χ0v) is 15.3. The van der Waals surface area contributed by atoms with E-state index in [0.29, 0.717) is 16.5 Å². The number of hydrogen-bond acceptors (Lipinski definition) is 4. The van der Waals surface area contributed by atoms with E-state index in [1.807, 2.05) is 37.3 Å². The molecular weight excluding hydrogens is 358 g/mol. The summed E-state index contributed by atoms with van der Waals surface area (Å²) < 4.78 is 6.94. The van der Waals surface area contributed by atoms with Crippen molar-refractivity contribution in [1.29, 1.82) is 0 Å². The van der Waals surface area contributed by atoms with Gasteiger partial charge in [-0.25, -0.2) is 4.68 Å². The van der Waals surface area contributed by atoms with Crippen LogP contribution in [0.5, 0.6) is 0 Å². The second-order valence-corrected chi connectivity index (χ2v) is 6.67. The summed E-state index contributed by atoms with van der Waals surface area (Å²) in [7, 11) is 0. The molecule has 1 atom stereocenters. The van der Waals surface area contributed by atoms with Gasteiger partial charge in [0.1, 0.15) is 11.3 Å². The summed E-state index contributed by atoms with van der Waals surface area (Å²) in [6.07, 6.45) is 0.0543. The Morgan fingerprint density at radius 2 is 1.82 bits per heavy atom. The SMILES string of the molecule is CC(NC(=O)CCn1[nH]c(=O)c2ccccc2c1=O)c1cc2ccccc2o1. The highest BCUT2D eigenvalue weighted by atomic mass is 16.3. The smallest absolute Gasteiger partial charge is 0.273 e. The van der Waals surface area contributed by atoms with Crippen molar-refractivity contribution in [2.75, 3.05) is 0 Å². The van der Waals surface area contributed by atoms with Crippen molar-refractivity contribution in [2.24, 2.45) is 0 Å². The van der Waals surface area contributed by atoms with Gasteiger partial charge in [-0.05, 0) is 31.2 Å². The second kappa shape index (κ2) is 7.19. The number of furan rings is 1. The third-order valence-electron chi connectivity index (χ3n) is 4.70. The topological polar surface area (TPSA) is 97.1 Å². The zero-order chi connectivity index (χ0) is 19.7. The van der Waals surface area contributed by atoms with Gasteiger partial charge < -0.3 is 9.73 Å². The highest BCUT2D eigenvalue weighted by Gasteiger charge is 2.15. The molecule has 2 aromatic carbocycles. The molecule has 0 saturated heterocycles. The van der Waals surface area contributed by atoms with Gasteiger partial charge in [-0.15, -0.1) is 0 Å². The summed E-state index contributed by atoms with van der Waals surface area (Å²) in [4.78, 5) is 36.9. The van der Waals surface area contributed by atoms with E-state index in [1.165, 1.54) is 4.68 Å². The summed E-state index contributed by atoms with van der Waals surface area (Å²) in [5.41, 5.74) is 0.0819. The van der Waals surface area contributed by atoms with E-state index in [2.05, 4.69) is 10.4 Å². The minimum absolute atomic E-state index is 0.0543. The molecule has 28 heavy (non-hydrogen) atoms. The van der Waals surface area contributed by atoms with Gasteiger partial charge in [0.2, 0.25) is 5.91 Å². The Hall–Kier alpha value is -3.61. The van der Waals surface area contributed by atoms with E-state index >= 15 is 0 Å². The summed E-state index contributed by atoms with van der Waals surface area (Å²) in [5, 5.41) is 7.03. The Balaban J connectivity index is 1.46. The van der Waals surface area contributed by atoms with Crippen LogP contribution < -0.4 is 16.4 Å². The normalized spacial score (nSPS) is 12.3. The summed E-state index contributed by atoms with van der Waals surface area (Å²) in [6, 6.07) is 15.8. The highest BCUT2D eigenvalue weighted by Crippen LogP contribution is 2.23. The summed E-state index contributed by atoms with van der Waals surface area (Å²) in [5.74, 6) is 0.416. The lowest BCUT2D eigenvalue weighted by Crippen LogP contribution is -2.33. The molecule has 1 unspecified atom stereocenters. The molecule has 0 fully saturated rings. The van der Waals surface area contributed by atoms with E-state index in [9.17, 15) is 14.4 Å². The van der Waals surface area contributed by atoms with Crippen LogP contribution in [-0.4, -0.2) is 15.7 Å². The molecule has 4 rings (SSSR count). The minimum atomic E-state index is -0.355. The number of para-hydroxylation sites is 1. The number of rotatable bonds is 5. The van der Waals surface area contributed by atoms with Crippen molar-refractivity contribution >= 4 is 27.6 Å². The number of nitrogens with zero attached hydrogens (tertiary/aromatic N) is 1. The van der Waals surface area contributed by atoms with Gasteiger partial charge >= 0.3 is 0 Å². The van der Waals surface area contributed by atoms with Crippen LogP contribution in [0, 0.1) is 0 Å². The standard InChI is InChI=1S/C21H19N3O4/c1-13(18-12-14-6-2-5-9-17(14)28-18)22-19(25)10-11-24-21(27)16-8-4-3-7-15(16)20(26)23-24/h2-9,12-13H,10-11H2,1H3,(H,22,25)(H,23,26). The summed E-state index contributed by atoms with van der Waals surface area (Å²) in [6.45, 7) is 1.91. The molecular formula is C21H19N3O4. The predicted octanol–water partition coefficient (Wildman–Crippen LogP) is 2.70. The van der Waals surface area contributed by atoms with Gasteiger partial charge in [0.15, 0.2) is 0 Å². The molecule has 0 aliphatic heterocycles. The molecule has 0 saturated carbocycles. The Labute approximate surface area is 159 Å². The van der Waals surface area contributed by atoms with Gasteiger partial charge in [0.25, 0.3) is 11.1 Å². The van der Waals surface area contributed by atoms with Crippen molar-refractivity contribution in [3.63, 3.8) is 0 Å². The molecule has 0 aliphatic carbocycles. The van der Waals surface area contributed by atoms with Crippen molar-refractivity contribution < 1.29 is 9.21 Å². The number of amides is 1. The molecule has 1 amide bonds. The molecule has 0 spiro atoms. The van der Waals surface area contributed by atoms with Gasteiger partial charge in [-0.3, -0.25) is 19.5 Å². The predicted molar refractivity (Wildman–Crippen MR) is 106 cm³/mol. The monoisotopic (exact) mass is 377 g/mol. The molecule has 142 valence electrons. The van der Waals surface area contributed by atoms with Crippen LogP contribution in [0.2, 0.25) is 0 Å². The van der Waals surface area contributed by atoms with Crippen molar-refractivity contribution in [3.8, 4) is 0 Å². The van der Waals surface area contributed by atoms with E-state index in [-0.39, 0.29) is 36.0 Å². The molecule has 0 bridgehead atoms.